The van der Waals surface area contributed by atoms with Gasteiger partial charge < -0.3 is 0 Å². The fourth-order valence-corrected chi connectivity index (χ4v) is 1.72. The summed E-state index contributed by atoms with van der Waals surface area (Å²) in [5.41, 5.74) is 1.15. The van der Waals surface area contributed by atoms with Crippen molar-refractivity contribution in [2.75, 3.05) is 6.16 Å². The maximum Gasteiger partial charge on any atom is 0.403 e. The molecule has 1 aromatic carbocycles. The highest BCUT2D eigenvalue weighted by molar-refractivity contribution is 7.58. The van der Waals surface area contributed by atoms with Gasteiger partial charge in [-0.15, -0.1) is 0 Å². The molecule has 0 saturated heterocycles. The van der Waals surface area contributed by atoms with Crippen molar-refractivity contribution in [3.8, 4) is 0 Å². The maximum atomic E-state index is 8.72. The Labute approximate surface area is 78.3 Å². The molecule has 72 valence electrons. The standard InChI is InChI=1S/C9H14O3P/c10-13(11,12)8-4-7-9-5-2-1-3-6-9/h1-3,5-6,10-12H,4,7-8H2/q+1. The molecule has 4 heteroatoms. The molecular weight excluding hydrogens is 187 g/mol. The highest BCUT2D eigenvalue weighted by Gasteiger charge is 2.27. The monoisotopic (exact) mass is 201 g/mol. The third kappa shape index (κ3) is 4.96. The summed E-state index contributed by atoms with van der Waals surface area (Å²) in [5.74, 6) is 0. The van der Waals surface area contributed by atoms with Gasteiger partial charge in [-0.1, -0.05) is 30.3 Å². The van der Waals surface area contributed by atoms with Crippen molar-refractivity contribution in [1.82, 2.24) is 0 Å². The first-order valence-corrected chi connectivity index (χ1v) is 6.01. The molecule has 0 fully saturated rings. The number of aryl methyl sites for hydroxylation is 1. The van der Waals surface area contributed by atoms with Gasteiger partial charge in [-0.3, -0.25) is 0 Å². The van der Waals surface area contributed by atoms with E-state index in [1.807, 2.05) is 30.3 Å². The maximum absolute atomic E-state index is 8.72. The van der Waals surface area contributed by atoms with Crippen LogP contribution in [0.15, 0.2) is 30.3 Å². The van der Waals surface area contributed by atoms with Gasteiger partial charge >= 0.3 is 7.94 Å². The van der Waals surface area contributed by atoms with Crippen molar-refractivity contribution in [2.24, 2.45) is 0 Å². The highest BCUT2D eigenvalue weighted by Crippen LogP contribution is 2.44. The lowest BCUT2D eigenvalue weighted by atomic mass is 10.1. The van der Waals surface area contributed by atoms with Crippen LogP contribution < -0.4 is 0 Å². The molecule has 0 aromatic heterocycles. The second-order valence-corrected chi connectivity index (χ2v) is 4.84. The molecule has 0 atom stereocenters. The Balaban J connectivity index is 2.29. The average molecular weight is 201 g/mol. The summed E-state index contributed by atoms with van der Waals surface area (Å²) in [6.07, 6.45) is 1.45. The van der Waals surface area contributed by atoms with E-state index in [4.69, 9.17) is 14.7 Å². The summed E-state index contributed by atoms with van der Waals surface area (Å²) in [5, 5.41) is 0. The lowest BCUT2D eigenvalue weighted by molar-refractivity contribution is 0.329. The Morgan fingerprint density at radius 1 is 1.00 bits per heavy atom. The minimum Gasteiger partial charge on any atom is -0.193 e. The summed E-state index contributed by atoms with van der Waals surface area (Å²) >= 11 is 0. The third-order valence-electron chi connectivity index (χ3n) is 1.77. The predicted octanol–water partition coefficient (Wildman–Crippen LogP) is 1.36. The summed E-state index contributed by atoms with van der Waals surface area (Å²) in [7, 11) is -3.55. The van der Waals surface area contributed by atoms with Crippen LogP contribution in [0.25, 0.3) is 0 Å². The average Bonchev–Trinajstić information content (AvgIpc) is 2.04. The van der Waals surface area contributed by atoms with Gasteiger partial charge in [-0.25, -0.2) is 0 Å². The molecular formula is C9H14O3P+. The van der Waals surface area contributed by atoms with Crippen molar-refractivity contribution in [1.29, 1.82) is 0 Å². The molecule has 3 N–H and O–H groups in total. The first-order chi connectivity index (χ1) is 6.08. The van der Waals surface area contributed by atoms with E-state index in [0.29, 0.717) is 6.42 Å². The lowest BCUT2D eigenvalue weighted by Crippen LogP contribution is -1.97. The van der Waals surface area contributed by atoms with Gasteiger partial charge in [-0.05, 0) is 18.4 Å². The summed E-state index contributed by atoms with van der Waals surface area (Å²) in [6.45, 7) is 0. The number of hydrogen-bond acceptors (Lipinski definition) is 3. The Morgan fingerprint density at radius 2 is 1.62 bits per heavy atom. The van der Waals surface area contributed by atoms with E-state index in [-0.39, 0.29) is 6.16 Å². The molecule has 0 heterocycles. The topological polar surface area (TPSA) is 60.7 Å². The largest absolute Gasteiger partial charge is 0.403 e. The van der Waals surface area contributed by atoms with Crippen LogP contribution in [0.5, 0.6) is 0 Å². The number of hydrogen-bond donors (Lipinski definition) is 3. The fourth-order valence-electron chi connectivity index (χ4n) is 1.14. The van der Waals surface area contributed by atoms with Gasteiger partial charge in [0.05, 0.1) is 0 Å². The summed E-state index contributed by atoms with van der Waals surface area (Å²) in [6, 6.07) is 9.77. The van der Waals surface area contributed by atoms with E-state index in [9.17, 15) is 0 Å². The van der Waals surface area contributed by atoms with Crippen molar-refractivity contribution >= 4 is 7.94 Å². The van der Waals surface area contributed by atoms with Crippen LogP contribution in [0.3, 0.4) is 0 Å². The molecule has 13 heavy (non-hydrogen) atoms. The van der Waals surface area contributed by atoms with Crippen LogP contribution in [-0.2, 0) is 6.42 Å². The number of benzene rings is 1. The van der Waals surface area contributed by atoms with Gasteiger partial charge in [-0.2, -0.15) is 14.7 Å². The minimum atomic E-state index is -3.55. The second-order valence-electron chi connectivity index (χ2n) is 3.01. The van der Waals surface area contributed by atoms with Gasteiger partial charge in [0.2, 0.25) is 0 Å². The minimum absolute atomic E-state index is 0.0852. The van der Waals surface area contributed by atoms with Crippen molar-refractivity contribution < 1.29 is 14.7 Å². The number of rotatable bonds is 4. The van der Waals surface area contributed by atoms with E-state index in [1.54, 1.807) is 0 Å². The van der Waals surface area contributed by atoms with Gasteiger partial charge in [0.1, 0.15) is 6.16 Å². The Morgan fingerprint density at radius 3 is 2.15 bits per heavy atom. The molecule has 1 aromatic rings. The Kier molecular flexibility index (Phi) is 3.82. The molecule has 0 aliphatic heterocycles. The van der Waals surface area contributed by atoms with E-state index >= 15 is 0 Å². The van der Waals surface area contributed by atoms with E-state index in [2.05, 4.69) is 0 Å². The molecule has 0 radical (unpaired) electrons. The molecule has 0 unspecified atom stereocenters. The van der Waals surface area contributed by atoms with Gasteiger partial charge in [0.15, 0.2) is 0 Å². The van der Waals surface area contributed by atoms with Crippen LogP contribution in [0, 0.1) is 0 Å². The molecule has 0 aliphatic carbocycles. The zero-order valence-electron chi connectivity index (χ0n) is 7.30. The first kappa shape index (κ1) is 10.6. The third-order valence-corrected chi connectivity index (χ3v) is 2.68. The Bertz CT molecular complexity index is 243. The zero-order chi connectivity index (χ0) is 9.73. The van der Waals surface area contributed by atoms with E-state index < -0.39 is 7.94 Å². The second kappa shape index (κ2) is 4.68. The van der Waals surface area contributed by atoms with Crippen molar-refractivity contribution in [3.63, 3.8) is 0 Å². The molecule has 0 aliphatic rings. The van der Waals surface area contributed by atoms with Gasteiger partial charge in [0.25, 0.3) is 0 Å². The van der Waals surface area contributed by atoms with Crippen molar-refractivity contribution in [3.05, 3.63) is 35.9 Å². The van der Waals surface area contributed by atoms with Crippen LogP contribution in [-0.4, -0.2) is 20.8 Å². The SMILES string of the molecule is O[P+](O)(O)CCCc1ccccc1. The first-order valence-electron chi connectivity index (χ1n) is 4.18. The van der Waals surface area contributed by atoms with Gasteiger partial charge in [0, 0.05) is 0 Å². The molecule has 0 bridgehead atoms. The van der Waals surface area contributed by atoms with Crippen LogP contribution in [0.2, 0.25) is 0 Å². The molecule has 0 spiro atoms. The Hall–Kier alpha value is -0.470. The molecule has 1 rings (SSSR count). The van der Waals surface area contributed by atoms with Crippen LogP contribution in [0.1, 0.15) is 12.0 Å². The fraction of sp³-hybridized carbons (Fsp3) is 0.333. The van der Waals surface area contributed by atoms with Crippen LogP contribution >= 0.6 is 7.94 Å². The zero-order valence-corrected chi connectivity index (χ0v) is 8.19. The highest BCUT2D eigenvalue weighted by atomic mass is 31.2. The molecule has 0 amide bonds. The van der Waals surface area contributed by atoms with Crippen LogP contribution in [0.4, 0.5) is 0 Å². The predicted molar refractivity (Wildman–Crippen MR) is 53.2 cm³/mol. The summed E-state index contributed by atoms with van der Waals surface area (Å²) in [4.78, 5) is 26.2. The quantitative estimate of drug-likeness (QED) is 0.644. The normalized spacial score (nSPS) is 11.6. The lowest BCUT2D eigenvalue weighted by Gasteiger charge is -2.03. The molecule has 0 saturated carbocycles. The molecule has 3 nitrogen and oxygen atoms in total. The summed E-state index contributed by atoms with van der Waals surface area (Å²) < 4.78 is 0. The smallest absolute Gasteiger partial charge is 0.193 e. The van der Waals surface area contributed by atoms with E-state index in [1.165, 1.54) is 0 Å². The van der Waals surface area contributed by atoms with E-state index in [0.717, 1.165) is 12.0 Å². The van der Waals surface area contributed by atoms with Crippen molar-refractivity contribution in [2.45, 2.75) is 12.8 Å².